The first-order valence-electron chi connectivity index (χ1n) is 11.1. The number of rotatable bonds is 9. The molecule has 0 bridgehead atoms. The number of fused-ring (bicyclic) bond motifs is 1. The Balaban J connectivity index is 1.51. The molecule has 188 valence electrons. The van der Waals surface area contributed by atoms with E-state index in [0.29, 0.717) is 31.2 Å². The molecule has 4 rings (SSSR count). The van der Waals surface area contributed by atoms with Crippen molar-refractivity contribution in [1.29, 1.82) is 0 Å². The molecule has 1 aliphatic heterocycles. The zero-order valence-corrected chi connectivity index (χ0v) is 21.1. The number of amides is 1. The zero-order valence-electron chi connectivity index (χ0n) is 18.8. The van der Waals surface area contributed by atoms with Gasteiger partial charge in [-0.2, -0.15) is 0 Å². The second-order valence-corrected chi connectivity index (χ2v) is 11.7. The van der Waals surface area contributed by atoms with Crippen molar-refractivity contribution < 1.29 is 26.7 Å². The van der Waals surface area contributed by atoms with Crippen molar-refractivity contribution in [2.45, 2.75) is 17.7 Å². The smallest absolute Gasteiger partial charge is 0.229 e. The Morgan fingerprint density at radius 1 is 1.17 bits per heavy atom. The summed E-state index contributed by atoms with van der Waals surface area (Å²) in [5.41, 5.74) is -0.0221. The standard InChI is InChI=1S/C23H24ClF2N3O4S2/c24-16-2-4-18(5-3-16)35(31,32)13-6-21(30)29(8-1-7-28-9-11-33-12-10-28)23-27-22-19(26)14-17(25)15-20(22)34-23/h2-5,14-15H,1,6-13H2. The lowest BCUT2D eigenvalue weighted by atomic mass is 10.3. The number of carbonyl (C=O) groups excluding carboxylic acids is 1. The van der Waals surface area contributed by atoms with Crippen LogP contribution >= 0.6 is 22.9 Å². The number of aromatic nitrogens is 1. The van der Waals surface area contributed by atoms with Crippen LogP contribution in [0, 0.1) is 11.6 Å². The molecule has 0 atom stereocenters. The summed E-state index contributed by atoms with van der Waals surface area (Å²) in [5.74, 6) is -2.40. The Bertz CT molecular complexity index is 1300. The first-order chi connectivity index (χ1) is 16.7. The molecule has 1 amide bonds. The van der Waals surface area contributed by atoms with Gasteiger partial charge in [-0.1, -0.05) is 22.9 Å². The van der Waals surface area contributed by atoms with Gasteiger partial charge in [0.25, 0.3) is 0 Å². The van der Waals surface area contributed by atoms with E-state index in [1.54, 1.807) is 0 Å². The van der Waals surface area contributed by atoms with Gasteiger partial charge in [0, 0.05) is 43.7 Å². The first kappa shape index (κ1) is 25.9. The summed E-state index contributed by atoms with van der Waals surface area (Å²) >= 11 is 6.83. The van der Waals surface area contributed by atoms with E-state index in [1.165, 1.54) is 35.2 Å². The number of morpholine rings is 1. The summed E-state index contributed by atoms with van der Waals surface area (Å²) < 4.78 is 59.0. The molecular weight excluding hydrogens is 520 g/mol. The maximum Gasteiger partial charge on any atom is 0.229 e. The lowest BCUT2D eigenvalue weighted by molar-refractivity contribution is -0.118. The average molecular weight is 544 g/mol. The van der Waals surface area contributed by atoms with Crippen LogP contribution in [0.15, 0.2) is 41.3 Å². The maximum absolute atomic E-state index is 14.2. The quantitative estimate of drug-likeness (QED) is 0.403. The highest BCUT2D eigenvalue weighted by molar-refractivity contribution is 7.91. The monoisotopic (exact) mass is 543 g/mol. The number of hydrogen-bond acceptors (Lipinski definition) is 7. The highest BCUT2D eigenvalue weighted by Crippen LogP contribution is 2.32. The summed E-state index contributed by atoms with van der Waals surface area (Å²) in [6.45, 7) is 3.85. The Kier molecular flexibility index (Phi) is 8.33. The molecule has 7 nitrogen and oxygen atoms in total. The average Bonchev–Trinajstić information content (AvgIpc) is 3.25. The topological polar surface area (TPSA) is 79.8 Å². The van der Waals surface area contributed by atoms with Gasteiger partial charge in [0.05, 0.1) is 28.6 Å². The van der Waals surface area contributed by atoms with Gasteiger partial charge < -0.3 is 4.74 Å². The van der Waals surface area contributed by atoms with Crippen LogP contribution in [0.4, 0.5) is 13.9 Å². The van der Waals surface area contributed by atoms with Gasteiger partial charge in [-0.3, -0.25) is 14.6 Å². The normalized spacial score (nSPS) is 14.9. The van der Waals surface area contributed by atoms with Crippen molar-refractivity contribution >= 4 is 54.0 Å². The van der Waals surface area contributed by atoms with Crippen molar-refractivity contribution in [2.75, 3.05) is 50.0 Å². The minimum absolute atomic E-state index is 0.0221. The largest absolute Gasteiger partial charge is 0.379 e. The predicted octanol–water partition coefficient (Wildman–Crippen LogP) is 4.15. The van der Waals surface area contributed by atoms with Crippen molar-refractivity contribution in [1.82, 2.24) is 9.88 Å². The van der Waals surface area contributed by atoms with E-state index in [2.05, 4.69) is 9.88 Å². The van der Waals surface area contributed by atoms with Crippen molar-refractivity contribution in [3.05, 3.63) is 53.1 Å². The van der Waals surface area contributed by atoms with Crippen LogP contribution in [-0.2, 0) is 19.4 Å². The van der Waals surface area contributed by atoms with E-state index in [1.807, 2.05) is 0 Å². The second kappa shape index (κ2) is 11.3. The lowest BCUT2D eigenvalue weighted by Gasteiger charge is -2.27. The van der Waals surface area contributed by atoms with E-state index >= 15 is 0 Å². The third kappa shape index (κ3) is 6.53. The fourth-order valence-corrected chi connectivity index (χ4v) is 6.19. The molecule has 0 aliphatic carbocycles. The Hall–Kier alpha value is -2.18. The molecule has 2 heterocycles. The van der Waals surface area contributed by atoms with E-state index < -0.39 is 33.1 Å². The van der Waals surface area contributed by atoms with Crippen LogP contribution in [0.2, 0.25) is 5.02 Å². The number of nitrogens with zero attached hydrogens (tertiary/aromatic N) is 3. The molecule has 12 heteroatoms. The molecule has 1 aliphatic rings. The number of carbonyl (C=O) groups is 1. The molecule has 0 unspecified atom stereocenters. The molecule has 2 aromatic carbocycles. The minimum atomic E-state index is -3.72. The van der Waals surface area contributed by atoms with E-state index in [-0.39, 0.29) is 33.2 Å². The van der Waals surface area contributed by atoms with E-state index in [0.717, 1.165) is 30.5 Å². The molecular formula is C23H24ClF2N3O4S2. The van der Waals surface area contributed by atoms with Crippen LogP contribution < -0.4 is 4.90 Å². The number of sulfone groups is 1. The van der Waals surface area contributed by atoms with Gasteiger partial charge in [0.1, 0.15) is 11.3 Å². The van der Waals surface area contributed by atoms with Crippen LogP contribution in [0.1, 0.15) is 12.8 Å². The van der Waals surface area contributed by atoms with E-state index in [4.69, 9.17) is 16.3 Å². The van der Waals surface area contributed by atoms with Crippen LogP contribution in [0.5, 0.6) is 0 Å². The highest BCUT2D eigenvalue weighted by Gasteiger charge is 2.24. The number of halogens is 3. The Morgan fingerprint density at radius 2 is 1.89 bits per heavy atom. The van der Waals surface area contributed by atoms with Gasteiger partial charge in [-0.15, -0.1) is 0 Å². The van der Waals surface area contributed by atoms with Crippen molar-refractivity contribution in [2.24, 2.45) is 0 Å². The lowest BCUT2D eigenvalue weighted by Crippen LogP contribution is -2.39. The molecule has 1 aromatic heterocycles. The number of ether oxygens (including phenoxy) is 1. The fourth-order valence-electron chi connectivity index (χ4n) is 3.78. The molecule has 35 heavy (non-hydrogen) atoms. The molecule has 1 saturated heterocycles. The molecule has 0 spiro atoms. The molecule has 0 radical (unpaired) electrons. The van der Waals surface area contributed by atoms with Gasteiger partial charge in [0.15, 0.2) is 20.8 Å². The minimum Gasteiger partial charge on any atom is -0.379 e. The Labute approximate surface area is 211 Å². The maximum atomic E-state index is 14.2. The van der Waals surface area contributed by atoms with Gasteiger partial charge in [0.2, 0.25) is 5.91 Å². The van der Waals surface area contributed by atoms with Crippen molar-refractivity contribution in [3.63, 3.8) is 0 Å². The third-order valence-electron chi connectivity index (χ3n) is 5.65. The fraction of sp³-hybridized carbons (Fsp3) is 0.391. The Morgan fingerprint density at radius 3 is 2.60 bits per heavy atom. The van der Waals surface area contributed by atoms with Crippen molar-refractivity contribution in [3.8, 4) is 0 Å². The first-order valence-corrected chi connectivity index (χ1v) is 13.9. The molecule has 3 aromatic rings. The second-order valence-electron chi connectivity index (χ2n) is 8.11. The summed E-state index contributed by atoms with van der Waals surface area (Å²) in [6.07, 6.45) is 0.317. The predicted molar refractivity (Wildman–Crippen MR) is 132 cm³/mol. The molecule has 0 N–H and O–H groups in total. The number of anilines is 1. The van der Waals surface area contributed by atoms with Gasteiger partial charge in [-0.25, -0.2) is 22.2 Å². The molecule has 1 fully saturated rings. The molecule has 0 saturated carbocycles. The number of benzene rings is 2. The number of thiazole rings is 1. The summed E-state index contributed by atoms with van der Waals surface area (Å²) in [5, 5.41) is 0.617. The zero-order chi connectivity index (χ0) is 25.0. The highest BCUT2D eigenvalue weighted by atomic mass is 35.5. The summed E-state index contributed by atoms with van der Waals surface area (Å²) in [7, 11) is -3.72. The van der Waals surface area contributed by atoms with Crippen LogP contribution in [0.25, 0.3) is 10.2 Å². The summed E-state index contributed by atoms with van der Waals surface area (Å²) in [6, 6.07) is 7.66. The SMILES string of the molecule is O=C(CCS(=O)(=O)c1ccc(Cl)cc1)N(CCCN1CCOCC1)c1nc2c(F)cc(F)cc2s1. The van der Waals surface area contributed by atoms with Gasteiger partial charge >= 0.3 is 0 Å². The van der Waals surface area contributed by atoms with Crippen LogP contribution in [0.3, 0.4) is 0 Å². The van der Waals surface area contributed by atoms with E-state index in [9.17, 15) is 22.0 Å². The van der Waals surface area contributed by atoms with Gasteiger partial charge in [-0.05, 0) is 36.8 Å². The van der Waals surface area contributed by atoms with Crippen LogP contribution in [-0.4, -0.2) is 69.4 Å². The summed E-state index contributed by atoms with van der Waals surface area (Å²) in [4.78, 5) is 21.1. The third-order valence-corrected chi connectivity index (χ3v) is 8.66. The number of hydrogen-bond donors (Lipinski definition) is 0.